The Hall–Kier alpha value is -0.750. The van der Waals surface area contributed by atoms with Gasteiger partial charge in [0.1, 0.15) is 0 Å². The highest BCUT2D eigenvalue weighted by atomic mass is 79.9. The first-order valence-corrected chi connectivity index (χ1v) is 7.04. The van der Waals surface area contributed by atoms with E-state index < -0.39 is 11.7 Å². The first kappa shape index (κ1) is 17.3. The summed E-state index contributed by atoms with van der Waals surface area (Å²) in [4.78, 5) is 0. The Morgan fingerprint density at radius 3 is 2.45 bits per heavy atom. The fourth-order valence-electron chi connectivity index (χ4n) is 1.71. The minimum atomic E-state index is -4.37. The molecule has 0 unspecified atom stereocenters. The summed E-state index contributed by atoms with van der Waals surface area (Å²) >= 11 is 3.07. The molecule has 0 aliphatic carbocycles. The fourth-order valence-corrected chi connectivity index (χ4v) is 2.07. The molecule has 0 aliphatic rings. The predicted octanol–water partition coefficient (Wildman–Crippen LogP) is 4.94. The normalized spacial score (nSPS) is 12.6. The number of methoxy groups -OCH3 is 1. The van der Waals surface area contributed by atoms with Gasteiger partial charge in [0.2, 0.25) is 0 Å². The maximum absolute atomic E-state index is 13.0. The van der Waals surface area contributed by atoms with E-state index in [1.807, 2.05) is 13.8 Å². The molecule has 0 aliphatic heterocycles. The van der Waals surface area contributed by atoms with Gasteiger partial charge in [0, 0.05) is 30.4 Å². The first-order valence-electron chi connectivity index (χ1n) is 6.25. The van der Waals surface area contributed by atoms with Crippen LogP contribution in [0.3, 0.4) is 0 Å². The van der Waals surface area contributed by atoms with Crippen molar-refractivity contribution in [2.75, 3.05) is 25.6 Å². The van der Waals surface area contributed by atoms with E-state index in [1.165, 1.54) is 6.07 Å². The number of hydrogen-bond donors (Lipinski definition) is 1. The van der Waals surface area contributed by atoms with Crippen LogP contribution in [0.1, 0.15) is 25.8 Å². The Bertz CT molecular complexity index is 447. The molecule has 1 rings (SSSR count). The van der Waals surface area contributed by atoms with Crippen LogP contribution in [0.5, 0.6) is 0 Å². The third-order valence-electron chi connectivity index (χ3n) is 3.03. The molecule has 0 fully saturated rings. The lowest BCUT2D eigenvalue weighted by molar-refractivity contribution is -0.137. The molecule has 1 aromatic rings. The van der Waals surface area contributed by atoms with Gasteiger partial charge in [-0.05, 0) is 30.0 Å². The van der Waals surface area contributed by atoms with Crippen LogP contribution in [0.2, 0.25) is 0 Å². The molecule has 6 heteroatoms. The minimum absolute atomic E-state index is 0.103. The third kappa shape index (κ3) is 5.32. The van der Waals surface area contributed by atoms with E-state index in [-0.39, 0.29) is 11.1 Å². The summed E-state index contributed by atoms with van der Waals surface area (Å²) in [6, 6.07) is 4.13. The molecule has 0 amide bonds. The van der Waals surface area contributed by atoms with E-state index in [1.54, 1.807) is 13.2 Å². The van der Waals surface area contributed by atoms with Crippen molar-refractivity contribution in [3.05, 3.63) is 28.2 Å². The maximum Gasteiger partial charge on any atom is 0.418 e. The van der Waals surface area contributed by atoms with Crippen LogP contribution in [-0.2, 0) is 10.9 Å². The molecule has 0 bridgehead atoms. The van der Waals surface area contributed by atoms with Crippen molar-refractivity contribution >= 4 is 21.6 Å². The number of benzene rings is 1. The van der Waals surface area contributed by atoms with Crippen LogP contribution in [0.25, 0.3) is 0 Å². The molecule has 114 valence electrons. The van der Waals surface area contributed by atoms with Crippen molar-refractivity contribution < 1.29 is 17.9 Å². The third-order valence-corrected chi connectivity index (χ3v) is 3.52. The first-order chi connectivity index (χ1) is 9.15. The molecule has 0 aromatic heterocycles. The molecular formula is C14H19BrF3NO. The Labute approximate surface area is 125 Å². The topological polar surface area (TPSA) is 21.3 Å². The van der Waals surface area contributed by atoms with E-state index in [2.05, 4.69) is 21.2 Å². The molecule has 0 heterocycles. The van der Waals surface area contributed by atoms with E-state index in [0.717, 1.165) is 12.5 Å². The molecule has 0 atom stereocenters. The highest BCUT2D eigenvalue weighted by Gasteiger charge is 2.34. The number of alkyl halides is 3. The van der Waals surface area contributed by atoms with Gasteiger partial charge in [0.05, 0.1) is 5.56 Å². The smallest absolute Gasteiger partial charge is 0.385 e. The molecule has 20 heavy (non-hydrogen) atoms. The van der Waals surface area contributed by atoms with Crippen molar-refractivity contribution in [3.63, 3.8) is 0 Å². The van der Waals surface area contributed by atoms with E-state index in [0.29, 0.717) is 17.6 Å². The molecule has 0 spiro atoms. The van der Waals surface area contributed by atoms with Gasteiger partial charge in [-0.1, -0.05) is 29.8 Å². The Morgan fingerprint density at radius 2 is 1.90 bits per heavy atom. The number of ether oxygens (including phenoxy) is 1. The molecular weight excluding hydrogens is 335 g/mol. The van der Waals surface area contributed by atoms with Crippen LogP contribution in [0.4, 0.5) is 18.9 Å². The zero-order valence-corrected chi connectivity index (χ0v) is 13.4. The molecule has 0 radical (unpaired) electrons. The summed E-state index contributed by atoms with van der Waals surface area (Å²) in [5.41, 5.74) is -0.702. The monoisotopic (exact) mass is 353 g/mol. The Kier molecular flexibility index (Phi) is 5.89. The minimum Gasteiger partial charge on any atom is -0.385 e. The van der Waals surface area contributed by atoms with Crippen LogP contribution < -0.4 is 5.32 Å². The summed E-state index contributed by atoms with van der Waals surface area (Å²) in [5.74, 6) is 0. The standard InChI is InChI=1S/C14H19BrF3NO/c1-13(2,6-7-20-3)9-19-12-5-4-10(15)8-11(12)14(16,17)18/h4-5,8,19H,6-7,9H2,1-3H3. The largest absolute Gasteiger partial charge is 0.418 e. The molecule has 2 nitrogen and oxygen atoms in total. The van der Waals surface area contributed by atoms with Crippen molar-refractivity contribution in [2.24, 2.45) is 5.41 Å². The predicted molar refractivity (Wildman–Crippen MR) is 77.9 cm³/mol. The summed E-state index contributed by atoms with van der Waals surface area (Å²) in [6.45, 7) is 5.01. The van der Waals surface area contributed by atoms with Gasteiger partial charge >= 0.3 is 6.18 Å². The van der Waals surface area contributed by atoms with Gasteiger partial charge in [-0.25, -0.2) is 0 Å². The Morgan fingerprint density at radius 1 is 1.25 bits per heavy atom. The number of anilines is 1. The maximum atomic E-state index is 13.0. The van der Waals surface area contributed by atoms with Crippen molar-refractivity contribution in [1.82, 2.24) is 0 Å². The number of hydrogen-bond acceptors (Lipinski definition) is 2. The van der Waals surface area contributed by atoms with Crippen LogP contribution in [-0.4, -0.2) is 20.3 Å². The van der Waals surface area contributed by atoms with Crippen molar-refractivity contribution in [1.29, 1.82) is 0 Å². The van der Waals surface area contributed by atoms with Crippen LogP contribution in [0.15, 0.2) is 22.7 Å². The molecule has 0 saturated heterocycles. The summed E-state index contributed by atoms with van der Waals surface area (Å²) in [5, 5.41) is 2.90. The number of nitrogens with one attached hydrogen (secondary N) is 1. The average molecular weight is 354 g/mol. The zero-order chi connectivity index (χ0) is 15.4. The highest BCUT2D eigenvalue weighted by Crippen LogP contribution is 2.37. The van der Waals surface area contributed by atoms with Gasteiger partial charge in [-0.15, -0.1) is 0 Å². The molecule has 0 saturated carbocycles. The summed E-state index contributed by atoms with van der Waals surface area (Å²) < 4.78 is 44.3. The van der Waals surface area contributed by atoms with Crippen molar-refractivity contribution in [3.8, 4) is 0 Å². The lowest BCUT2D eigenvalue weighted by Gasteiger charge is -2.26. The second-order valence-corrected chi connectivity index (χ2v) is 6.36. The molecule has 1 aromatic carbocycles. The average Bonchev–Trinajstić information content (AvgIpc) is 2.34. The van der Waals surface area contributed by atoms with Crippen LogP contribution >= 0.6 is 15.9 Å². The van der Waals surface area contributed by atoms with Gasteiger partial charge in [0.25, 0.3) is 0 Å². The lowest BCUT2D eigenvalue weighted by atomic mass is 9.89. The fraction of sp³-hybridized carbons (Fsp3) is 0.571. The van der Waals surface area contributed by atoms with Crippen LogP contribution in [0, 0.1) is 5.41 Å². The Balaban J connectivity index is 2.83. The van der Waals surface area contributed by atoms with Gasteiger partial charge in [-0.3, -0.25) is 0 Å². The summed E-state index contributed by atoms with van der Waals surface area (Å²) in [7, 11) is 1.61. The molecule has 1 N–H and O–H groups in total. The van der Waals surface area contributed by atoms with Crippen molar-refractivity contribution in [2.45, 2.75) is 26.4 Å². The highest BCUT2D eigenvalue weighted by molar-refractivity contribution is 9.10. The second-order valence-electron chi connectivity index (χ2n) is 5.45. The van der Waals surface area contributed by atoms with E-state index in [4.69, 9.17) is 4.74 Å². The second kappa shape index (κ2) is 6.80. The van der Waals surface area contributed by atoms with Gasteiger partial charge in [-0.2, -0.15) is 13.2 Å². The SMILES string of the molecule is COCCC(C)(C)CNc1ccc(Br)cc1C(F)(F)F. The zero-order valence-electron chi connectivity index (χ0n) is 11.8. The van der Waals surface area contributed by atoms with E-state index >= 15 is 0 Å². The van der Waals surface area contributed by atoms with E-state index in [9.17, 15) is 13.2 Å². The number of halogens is 4. The van der Waals surface area contributed by atoms with Gasteiger partial charge < -0.3 is 10.1 Å². The number of rotatable bonds is 6. The van der Waals surface area contributed by atoms with Gasteiger partial charge in [0.15, 0.2) is 0 Å². The quantitative estimate of drug-likeness (QED) is 0.781. The lowest BCUT2D eigenvalue weighted by Crippen LogP contribution is -2.25. The summed E-state index contributed by atoms with van der Waals surface area (Å²) in [6.07, 6.45) is -3.60.